The molecule has 0 aromatic heterocycles. The second kappa shape index (κ2) is 6.55. The van der Waals surface area contributed by atoms with E-state index in [9.17, 15) is 9.90 Å². The van der Waals surface area contributed by atoms with Gasteiger partial charge in [-0.05, 0) is 31.0 Å². The number of halogens is 2. The maximum Gasteiger partial charge on any atom is 0.252 e. The Morgan fingerprint density at radius 1 is 1.44 bits per heavy atom. The molecule has 100 valence electrons. The monoisotopic (exact) mass is 333 g/mol. The number of carbonyl (C=O) groups is 1. The number of benzene rings is 1. The van der Waals surface area contributed by atoms with Gasteiger partial charge >= 0.3 is 0 Å². The van der Waals surface area contributed by atoms with Crippen LogP contribution in [-0.2, 0) is 0 Å². The second-order valence-corrected chi connectivity index (χ2v) is 5.56. The maximum atomic E-state index is 11.9. The molecule has 0 heterocycles. The summed E-state index contributed by atoms with van der Waals surface area (Å²) < 4.78 is 0.822. The van der Waals surface area contributed by atoms with Crippen molar-refractivity contribution >= 4 is 33.4 Å². The van der Waals surface area contributed by atoms with Gasteiger partial charge in [0, 0.05) is 11.0 Å². The summed E-state index contributed by atoms with van der Waals surface area (Å²) in [6.45, 7) is 4.01. The summed E-state index contributed by atoms with van der Waals surface area (Å²) in [5, 5.41) is 13.2. The molecular weight excluding hydrogens is 318 g/mol. The number of nitrogens with one attached hydrogen (secondary N) is 1. The van der Waals surface area contributed by atoms with E-state index in [1.165, 1.54) is 0 Å². The van der Waals surface area contributed by atoms with Crippen molar-refractivity contribution in [2.45, 2.75) is 32.3 Å². The zero-order valence-corrected chi connectivity index (χ0v) is 12.8. The van der Waals surface area contributed by atoms with Gasteiger partial charge in [-0.2, -0.15) is 0 Å². The number of hydrogen-bond donors (Lipinski definition) is 2. The third kappa shape index (κ3) is 3.97. The molecule has 3 nitrogen and oxygen atoms in total. The molecule has 5 heteroatoms. The Bertz CT molecular complexity index is 433. The first kappa shape index (κ1) is 15.5. The van der Waals surface area contributed by atoms with Crippen molar-refractivity contribution in [3.8, 4) is 0 Å². The lowest BCUT2D eigenvalue weighted by molar-refractivity contribution is 0.0314. The predicted octanol–water partition coefficient (Wildman–Crippen LogP) is 3.38. The molecule has 18 heavy (non-hydrogen) atoms. The van der Waals surface area contributed by atoms with Gasteiger partial charge < -0.3 is 10.4 Å². The highest BCUT2D eigenvalue weighted by Crippen LogP contribution is 2.21. The van der Waals surface area contributed by atoms with Crippen molar-refractivity contribution in [1.29, 1.82) is 0 Å². The Labute approximate surface area is 121 Å². The summed E-state index contributed by atoms with van der Waals surface area (Å²) in [5.41, 5.74) is -0.438. The summed E-state index contributed by atoms with van der Waals surface area (Å²) in [6.07, 6.45) is 1.19. The third-order valence-corrected chi connectivity index (χ3v) is 3.88. The summed E-state index contributed by atoms with van der Waals surface area (Å²) in [5.74, 6) is -0.271. The summed E-state index contributed by atoms with van der Waals surface area (Å²) in [4.78, 5) is 11.9. The van der Waals surface area contributed by atoms with Crippen LogP contribution in [0.4, 0.5) is 0 Å². The number of aliphatic hydroxyl groups is 1. The minimum atomic E-state index is -0.850. The molecular formula is C13H17BrClNO2. The lowest BCUT2D eigenvalue weighted by atomic mass is 9.97. The first-order valence-corrected chi connectivity index (χ1v) is 7.04. The Kier molecular flexibility index (Phi) is 5.63. The van der Waals surface area contributed by atoms with E-state index in [1.54, 1.807) is 18.2 Å². The van der Waals surface area contributed by atoms with E-state index < -0.39 is 5.60 Å². The number of amides is 1. The van der Waals surface area contributed by atoms with E-state index in [4.69, 9.17) is 11.6 Å². The van der Waals surface area contributed by atoms with Crippen LogP contribution in [0, 0.1) is 0 Å². The number of rotatable bonds is 5. The molecule has 0 atom stereocenters. The fourth-order valence-corrected chi connectivity index (χ4v) is 2.27. The average Bonchev–Trinajstić information content (AvgIpc) is 2.35. The van der Waals surface area contributed by atoms with E-state index in [2.05, 4.69) is 21.2 Å². The van der Waals surface area contributed by atoms with Crippen LogP contribution in [0.3, 0.4) is 0 Å². The minimum absolute atomic E-state index is 0.227. The Morgan fingerprint density at radius 2 is 2.06 bits per heavy atom. The lowest BCUT2D eigenvalue weighted by Gasteiger charge is -2.25. The van der Waals surface area contributed by atoms with E-state index in [-0.39, 0.29) is 12.5 Å². The normalized spacial score (nSPS) is 11.4. The average molecular weight is 335 g/mol. The zero-order valence-electron chi connectivity index (χ0n) is 10.5. The number of carbonyl (C=O) groups excluding carboxylic acids is 1. The third-order valence-electron chi connectivity index (χ3n) is 3.07. The molecule has 1 amide bonds. The molecule has 0 bridgehead atoms. The van der Waals surface area contributed by atoms with Crippen LogP contribution in [-0.4, -0.2) is 23.2 Å². The van der Waals surface area contributed by atoms with Gasteiger partial charge in [-0.15, -0.1) is 0 Å². The van der Waals surface area contributed by atoms with Crippen molar-refractivity contribution < 1.29 is 9.90 Å². The Morgan fingerprint density at radius 3 is 2.56 bits per heavy atom. The largest absolute Gasteiger partial charge is 0.388 e. The van der Waals surface area contributed by atoms with Crippen LogP contribution in [0.5, 0.6) is 0 Å². The van der Waals surface area contributed by atoms with Crippen molar-refractivity contribution in [3.63, 3.8) is 0 Å². The van der Waals surface area contributed by atoms with Crippen LogP contribution in [0.15, 0.2) is 22.7 Å². The van der Waals surface area contributed by atoms with Crippen molar-refractivity contribution in [2.75, 3.05) is 6.54 Å². The van der Waals surface area contributed by atoms with Gasteiger partial charge in [0.05, 0.1) is 16.2 Å². The first-order chi connectivity index (χ1) is 8.41. The summed E-state index contributed by atoms with van der Waals surface area (Å²) in [7, 11) is 0. The van der Waals surface area contributed by atoms with Crippen molar-refractivity contribution in [3.05, 3.63) is 33.3 Å². The van der Waals surface area contributed by atoms with E-state index in [0.717, 1.165) is 4.47 Å². The van der Waals surface area contributed by atoms with Crippen molar-refractivity contribution in [1.82, 2.24) is 5.32 Å². The van der Waals surface area contributed by atoms with Gasteiger partial charge in [0.1, 0.15) is 0 Å². The van der Waals surface area contributed by atoms with Crippen LogP contribution in [0.2, 0.25) is 5.02 Å². The highest BCUT2D eigenvalue weighted by molar-refractivity contribution is 9.10. The van der Waals surface area contributed by atoms with E-state index >= 15 is 0 Å². The molecule has 0 unspecified atom stereocenters. The maximum absolute atomic E-state index is 11.9. The fourth-order valence-electron chi connectivity index (χ4n) is 1.51. The van der Waals surface area contributed by atoms with Crippen LogP contribution in [0.25, 0.3) is 0 Å². The molecule has 0 radical (unpaired) electrons. The second-order valence-electron chi connectivity index (χ2n) is 4.24. The van der Waals surface area contributed by atoms with Gasteiger partial charge in [-0.3, -0.25) is 4.79 Å². The van der Waals surface area contributed by atoms with Gasteiger partial charge in [-0.25, -0.2) is 0 Å². The fraction of sp³-hybridized carbons (Fsp3) is 0.462. The molecule has 0 saturated heterocycles. The molecule has 0 fully saturated rings. The van der Waals surface area contributed by atoms with Gasteiger partial charge in [0.15, 0.2) is 0 Å². The van der Waals surface area contributed by atoms with E-state index in [0.29, 0.717) is 23.4 Å². The SMILES string of the molecule is CCC(O)(CC)CNC(=O)c1ccc(Br)cc1Cl. The summed E-state index contributed by atoms with van der Waals surface area (Å²) in [6, 6.07) is 5.08. The molecule has 0 aliphatic heterocycles. The van der Waals surface area contributed by atoms with Crippen molar-refractivity contribution in [2.24, 2.45) is 0 Å². The molecule has 1 aromatic carbocycles. The number of hydrogen-bond acceptors (Lipinski definition) is 2. The lowest BCUT2D eigenvalue weighted by Crippen LogP contribution is -2.42. The van der Waals surface area contributed by atoms with E-state index in [1.807, 2.05) is 13.8 Å². The molecule has 0 spiro atoms. The first-order valence-electron chi connectivity index (χ1n) is 5.87. The summed E-state index contributed by atoms with van der Waals surface area (Å²) >= 11 is 9.27. The predicted molar refractivity (Wildman–Crippen MR) is 77.0 cm³/mol. The molecule has 2 N–H and O–H groups in total. The van der Waals surface area contributed by atoms with Crippen LogP contribution >= 0.6 is 27.5 Å². The molecule has 1 rings (SSSR count). The molecule has 0 aliphatic carbocycles. The van der Waals surface area contributed by atoms with Gasteiger partial charge in [0.2, 0.25) is 0 Å². The standard InChI is InChI=1S/C13H17BrClNO2/c1-3-13(18,4-2)8-16-12(17)10-6-5-9(14)7-11(10)15/h5-7,18H,3-4,8H2,1-2H3,(H,16,17). The smallest absolute Gasteiger partial charge is 0.252 e. The van der Waals surface area contributed by atoms with Crippen LogP contribution in [0.1, 0.15) is 37.0 Å². The highest BCUT2D eigenvalue weighted by Gasteiger charge is 2.23. The quantitative estimate of drug-likeness (QED) is 0.867. The van der Waals surface area contributed by atoms with Gasteiger partial charge in [-0.1, -0.05) is 41.4 Å². The Hall–Kier alpha value is -0.580. The van der Waals surface area contributed by atoms with Crippen LogP contribution < -0.4 is 5.32 Å². The molecule has 0 aliphatic rings. The van der Waals surface area contributed by atoms with Gasteiger partial charge in [0.25, 0.3) is 5.91 Å². The zero-order chi connectivity index (χ0) is 13.8. The topological polar surface area (TPSA) is 49.3 Å². The molecule has 0 saturated carbocycles. The molecule has 1 aromatic rings. The minimum Gasteiger partial charge on any atom is -0.388 e. The Balaban J connectivity index is 2.71. The highest BCUT2D eigenvalue weighted by atomic mass is 79.9.